The summed E-state index contributed by atoms with van der Waals surface area (Å²) >= 11 is 6.22. The SMILES string of the molecule is CCCCN(CCCC)CCCNCc1cc(Cl)ccc1OCc1ccccc1. The predicted molar refractivity (Wildman–Crippen MR) is 125 cm³/mol. The van der Waals surface area contributed by atoms with E-state index < -0.39 is 0 Å². The molecule has 0 saturated heterocycles. The molecule has 2 rings (SSSR count). The first-order valence-corrected chi connectivity index (χ1v) is 11.5. The van der Waals surface area contributed by atoms with Gasteiger partial charge in [0, 0.05) is 17.1 Å². The summed E-state index contributed by atoms with van der Waals surface area (Å²) in [6, 6.07) is 16.1. The van der Waals surface area contributed by atoms with E-state index in [4.69, 9.17) is 16.3 Å². The molecule has 0 aromatic heterocycles. The van der Waals surface area contributed by atoms with Crippen LogP contribution in [0.4, 0.5) is 0 Å². The fourth-order valence-corrected chi connectivity index (χ4v) is 3.51. The van der Waals surface area contributed by atoms with Crippen LogP contribution in [0.3, 0.4) is 0 Å². The van der Waals surface area contributed by atoms with E-state index in [2.05, 4.69) is 36.2 Å². The van der Waals surface area contributed by atoms with Crippen LogP contribution >= 0.6 is 11.6 Å². The summed E-state index contributed by atoms with van der Waals surface area (Å²) in [6.07, 6.45) is 6.28. The summed E-state index contributed by atoms with van der Waals surface area (Å²) in [6.45, 7) is 10.5. The van der Waals surface area contributed by atoms with Gasteiger partial charge in [0.25, 0.3) is 0 Å². The first-order chi connectivity index (χ1) is 14.2. The van der Waals surface area contributed by atoms with Crippen LogP contribution in [0.5, 0.6) is 5.75 Å². The van der Waals surface area contributed by atoms with Gasteiger partial charge in [-0.15, -0.1) is 0 Å². The van der Waals surface area contributed by atoms with Gasteiger partial charge >= 0.3 is 0 Å². The first kappa shape index (κ1) is 23.7. The Morgan fingerprint density at radius 3 is 2.28 bits per heavy atom. The highest BCUT2D eigenvalue weighted by Crippen LogP contribution is 2.24. The maximum Gasteiger partial charge on any atom is 0.124 e. The number of unbranched alkanes of at least 4 members (excludes halogenated alkanes) is 2. The second-order valence-electron chi connectivity index (χ2n) is 7.61. The van der Waals surface area contributed by atoms with Gasteiger partial charge in [-0.3, -0.25) is 0 Å². The Bertz CT molecular complexity index is 670. The van der Waals surface area contributed by atoms with Crippen molar-refractivity contribution in [3.8, 4) is 5.75 Å². The molecule has 0 spiro atoms. The average molecular weight is 417 g/mol. The number of hydrogen-bond donors (Lipinski definition) is 1. The highest BCUT2D eigenvalue weighted by atomic mass is 35.5. The third-order valence-electron chi connectivity index (χ3n) is 5.06. The van der Waals surface area contributed by atoms with Crippen LogP contribution in [0, 0.1) is 0 Å². The number of ether oxygens (including phenoxy) is 1. The van der Waals surface area contributed by atoms with Gasteiger partial charge in [0.2, 0.25) is 0 Å². The number of nitrogens with one attached hydrogen (secondary N) is 1. The Hall–Kier alpha value is -1.55. The van der Waals surface area contributed by atoms with Crippen LogP contribution in [0.1, 0.15) is 57.1 Å². The monoisotopic (exact) mass is 416 g/mol. The van der Waals surface area contributed by atoms with Crippen molar-refractivity contribution >= 4 is 11.6 Å². The molecule has 0 radical (unpaired) electrons. The lowest BCUT2D eigenvalue weighted by atomic mass is 10.2. The zero-order chi connectivity index (χ0) is 20.7. The summed E-state index contributed by atoms with van der Waals surface area (Å²) in [5.41, 5.74) is 2.28. The van der Waals surface area contributed by atoms with Crippen molar-refractivity contribution in [1.29, 1.82) is 0 Å². The van der Waals surface area contributed by atoms with Crippen molar-refractivity contribution in [3.63, 3.8) is 0 Å². The number of hydrogen-bond acceptors (Lipinski definition) is 3. The normalized spacial score (nSPS) is 11.2. The third kappa shape index (κ3) is 9.66. The minimum Gasteiger partial charge on any atom is -0.489 e. The molecule has 0 saturated carbocycles. The molecule has 2 aromatic rings. The van der Waals surface area contributed by atoms with Crippen LogP contribution in [-0.4, -0.2) is 31.1 Å². The zero-order valence-corrected chi connectivity index (χ0v) is 18.9. The molecule has 0 aliphatic heterocycles. The van der Waals surface area contributed by atoms with E-state index >= 15 is 0 Å². The molecule has 4 heteroatoms. The minimum absolute atomic E-state index is 0.569. The van der Waals surface area contributed by atoms with Gasteiger partial charge in [-0.25, -0.2) is 0 Å². The maximum absolute atomic E-state index is 6.22. The molecule has 3 nitrogen and oxygen atoms in total. The largest absolute Gasteiger partial charge is 0.489 e. The van der Waals surface area contributed by atoms with E-state index in [0.717, 1.165) is 35.8 Å². The maximum atomic E-state index is 6.22. The van der Waals surface area contributed by atoms with E-state index in [0.29, 0.717) is 6.61 Å². The highest BCUT2D eigenvalue weighted by Gasteiger charge is 2.07. The summed E-state index contributed by atoms with van der Waals surface area (Å²) in [7, 11) is 0. The molecular weight excluding hydrogens is 380 g/mol. The summed E-state index contributed by atoms with van der Waals surface area (Å²) < 4.78 is 6.06. The lowest BCUT2D eigenvalue weighted by Gasteiger charge is -2.22. The minimum atomic E-state index is 0.569. The van der Waals surface area contributed by atoms with Gasteiger partial charge in [0.1, 0.15) is 12.4 Å². The Kier molecular flexibility index (Phi) is 11.8. The number of rotatable bonds is 15. The van der Waals surface area contributed by atoms with Crippen LogP contribution < -0.4 is 10.1 Å². The van der Waals surface area contributed by atoms with Gasteiger partial charge in [0.15, 0.2) is 0 Å². The van der Waals surface area contributed by atoms with E-state index in [1.165, 1.54) is 50.9 Å². The Morgan fingerprint density at radius 1 is 0.897 bits per heavy atom. The van der Waals surface area contributed by atoms with Crippen molar-refractivity contribution in [2.45, 2.75) is 59.1 Å². The number of halogens is 1. The standard InChI is InChI=1S/C25H37ClN2O/c1-3-5-16-28(17-6-4-2)18-10-15-27-20-23-19-24(26)13-14-25(23)29-21-22-11-8-7-9-12-22/h7-9,11-14,19,27H,3-6,10,15-18,20-21H2,1-2H3. The second kappa shape index (κ2) is 14.4. The molecule has 0 amide bonds. The quantitative estimate of drug-likeness (QED) is 0.345. The molecule has 0 heterocycles. The van der Waals surface area contributed by atoms with E-state index in [9.17, 15) is 0 Å². The molecule has 29 heavy (non-hydrogen) atoms. The topological polar surface area (TPSA) is 24.5 Å². The van der Waals surface area contributed by atoms with Crippen molar-refractivity contribution in [3.05, 3.63) is 64.7 Å². The third-order valence-corrected chi connectivity index (χ3v) is 5.29. The molecule has 0 aliphatic rings. The van der Waals surface area contributed by atoms with E-state index in [1.807, 2.05) is 36.4 Å². The molecule has 0 unspecified atom stereocenters. The van der Waals surface area contributed by atoms with Crippen molar-refractivity contribution < 1.29 is 4.74 Å². The lowest BCUT2D eigenvalue weighted by molar-refractivity contribution is 0.260. The fourth-order valence-electron chi connectivity index (χ4n) is 3.31. The van der Waals surface area contributed by atoms with Crippen LogP contribution in [0.2, 0.25) is 5.02 Å². The molecule has 0 aliphatic carbocycles. The fraction of sp³-hybridized carbons (Fsp3) is 0.520. The van der Waals surface area contributed by atoms with E-state index in [-0.39, 0.29) is 0 Å². The Labute approximate surface area is 182 Å². The van der Waals surface area contributed by atoms with Gasteiger partial charge in [0.05, 0.1) is 0 Å². The molecule has 0 atom stereocenters. The number of nitrogens with zero attached hydrogens (tertiary/aromatic N) is 1. The summed E-state index contributed by atoms with van der Waals surface area (Å²) in [4.78, 5) is 2.61. The van der Waals surface area contributed by atoms with Crippen molar-refractivity contribution in [2.75, 3.05) is 26.2 Å². The van der Waals surface area contributed by atoms with Gasteiger partial charge in [-0.1, -0.05) is 68.6 Å². The average Bonchev–Trinajstić information content (AvgIpc) is 2.75. The smallest absolute Gasteiger partial charge is 0.124 e. The van der Waals surface area contributed by atoms with Gasteiger partial charge in [-0.05, 0) is 69.2 Å². The molecular formula is C25H37ClN2O. The van der Waals surface area contributed by atoms with Crippen LogP contribution in [0.15, 0.2) is 48.5 Å². The van der Waals surface area contributed by atoms with Crippen molar-refractivity contribution in [1.82, 2.24) is 10.2 Å². The van der Waals surface area contributed by atoms with E-state index in [1.54, 1.807) is 0 Å². The second-order valence-corrected chi connectivity index (χ2v) is 8.04. The molecule has 2 aromatic carbocycles. The Morgan fingerprint density at radius 2 is 1.59 bits per heavy atom. The lowest BCUT2D eigenvalue weighted by Crippen LogP contribution is -2.29. The number of benzene rings is 2. The summed E-state index contributed by atoms with van der Waals surface area (Å²) in [5.74, 6) is 0.901. The van der Waals surface area contributed by atoms with Gasteiger partial charge < -0.3 is 15.0 Å². The predicted octanol–water partition coefficient (Wildman–Crippen LogP) is 6.30. The van der Waals surface area contributed by atoms with Crippen LogP contribution in [-0.2, 0) is 13.2 Å². The van der Waals surface area contributed by atoms with Crippen LogP contribution in [0.25, 0.3) is 0 Å². The Balaban J connectivity index is 1.78. The highest BCUT2D eigenvalue weighted by molar-refractivity contribution is 6.30. The molecule has 160 valence electrons. The van der Waals surface area contributed by atoms with Crippen molar-refractivity contribution in [2.24, 2.45) is 0 Å². The molecule has 0 fully saturated rings. The molecule has 1 N–H and O–H groups in total. The van der Waals surface area contributed by atoms with Gasteiger partial charge in [-0.2, -0.15) is 0 Å². The molecule has 0 bridgehead atoms. The summed E-state index contributed by atoms with van der Waals surface area (Å²) in [5, 5.41) is 4.32. The first-order valence-electron chi connectivity index (χ1n) is 11.1. The zero-order valence-electron chi connectivity index (χ0n) is 18.1.